The molecule has 0 bridgehead atoms. The Bertz CT molecular complexity index is 1670. The van der Waals surface area contributed by atoms with Gasteiger partial charge in [0, 0.05) is 11.6 Å². The monoisotopic (exact) mass is 568 g/mol. The first kappa shape index (κ1) is 24.8. The smallest absolute Gasteiger partial charge is 0.293 e. The number of para-hydroxylation sites is 2. The molecule has 3 aromatic carbocycles. The maximum atomic E-state index is 12.7. The number of carbonyl (C=O) groups excluding carboxylic acids is 1. The molecule has 5 rings (SSSR count). The minimum Gasteiger partial charge on any atom is -0.451 e. The number of halogens is 2. The highest BCUT2D eigenvalue weighted by atomic mass is 35.5. The van der Waals surface area contributed by atoms with Crippen LogP contribution in [0.25, 0.3) is 32.1 Å². The summed E-state index contributed by atoms with van der Waals surface area (Å²) in [7, 11) is 0. The van der Waals surface area contributed by atoms with E-state index in [0.717, 1.165) is 10.2 Å². The summed E-state index contributed by atoms with van der Waals surface area (Å²) in [5.41, 5.74) is 2.05. The molecule has 0 fully saturated rings. The van der Waals surface area contributed by atoms with Gasteiger partial charge in [0.2, 0.25) is 0 Å². The second-order valence-electron chi connectivity index (χ2n) is 7.65. The number of nitro groups is 1. The van der Waals surface area contributed by atoms with Crippen LogP contribution in [0.4, 0.5) is 11.4 Å². The molecule has 184 valence electrons. The number of nitro benzene ring substituents is 1. The lowest BCUT2D eigenvalue weighted by atomic mass is 10.1. The number of benzene rings is 3. The van der Waals surface area contributed by atoms with Gasteiger partial charge in [-0.3, -0.25) is 20.2 Å². The van der Waals surface area contributed by atoms with Crippen LogP contribution in [0.2, 0.25) is 10.0 Å². The summed E-state index contributed by atoms with van der Waals surface area (Å²) in [6.07, 6.45) is 0. The molecule has 8 nitrogen and oxygen atoms in total. The lowest BCUT2D eigenvalue weighted by Crippen LogP contribution is -2.34. The predicted molar refractivity (Wildman–Crippen MR) is 150 cm³/mol. The molecule has 0 atom stereocenters. The van der Waals surface area contributed by atoms with E-state index in [1.54, 1.807) is 24.3 Å². The largest absolute Gasteiger partial charge is 0.451 e. The number of thiocarbonyl (C=S) groups is 1. The van der Waals surface area contributed by atoms with Crippen LogP contribution in [0.1, 0.15) is 10.6 Å². The van der Waals surface area contributed by atoms with Gasteiger partial charge in [0.05, 0.1) is 36.4 Å². The number of rotatable bonds is 5. The molecular formula is C25H14Cl2N4O4S2. The molecule has 0 saturated heterocycles. The fraction of sp³-hybridized carbons (Fsp3) is 0. The summed E-state index contributed by atoms with van der Waals surface area (Å²) >= 11 is 19.6. The van der Waals surface area contributed by atoms with E-state index in [0.29, 0.717) is 26.3 Å². The van der Waals surface area contributed by atoms with E-state index in [-0.39, 0.29) is 27.9 Å². The van der Waals surface area contributed by atoms with E-state index in [2.05, 4.69) is 15.6 Å². The fourth-order valence-corrected chi connectivity index (χ4v) is 5.33. The second kappa shape index (κ2) is 10.3. The highest BCUT2D eigenvalue weighted by Crippen LogP contribution is 2.39. The summed E-state index contributed by atoms with van der Waals surface area (Å²) in [5.74, 6) is -0.536. The second-order valence-corrected chi connectivity index (χ2v) is 9.90. The predicted octanol–water partition coefficient (Wildman–Crippen LogP) is 7.57. The van der Waals surface area contributed by atoms with E-state index >= 15 is 0 Å². The first-order valence-electron chi connectivity index (χ1n) is 10.6. The van der Waals surface area contributed by atoms with Crippen molar-refractivity contribution < 1.29 is 14.1 Å². The molecule has 0 aliphatic rings. The van der Waals surface area contributed by atoms with Crippen molar-refractivity contribution in [3.05, 3.63) is 98.7 Å². The Labute approximate surface area is 229 Å². The maximum absolute atomic E-state index is 12.7. The zero-order valence-corrected chi connectivity index (χ0v) is 21.7. The van der Waals surface area contributed by atoms with Crippen LogP contribution < -0.4 is 10.6 Å². The van der Waals surface area contributed by atoms with E-state index in [9.17, 15) is 14.9 Å². The van der Waals surface area contributed by atoms with E-state index in [4.69, 9.17) is 39.8 Å². The van der Waals surface area contributed by atoms with Gasteiger partial charge in [0.25, 0.3) is 11.6 Å². The van der Waals surface area contributed by atoms with E-state index in [1.165, 1.54) is 35.6 Å². The van der Waals surface area contributed by atoms with Crippen LogP contribution >= 0.6 is 46.8 Å². The molecule has 0 saturated carbocycles. The molecule has 5 aromatic rings. The molecule has 2 N–H and O–H groups in total. The highest BCUT2D eigenvalue weighted by molar-refractivity contribution is 7.80. The van der Waals surface area contributed by atoms with Gasteiger partial charge in [-0.05, 0) is 54.7 Å². The minimum absolute atomic E-state index is 0.0342. The fourth-order valence-electron chi connectivity index (χ4n) is 3.56. The minimum atomic E-state index is -0.640. The van der Waals surface area contributed by atoms with E-state index < -0.39 is 10.8 Å². The highest BCUT2D eigenvalue weighted by Gasteiger charge is 2.20. The summed E-state index contributed by atoms with van der Waals surface area (Å²) in [6, 6.07) is 20.0. The van der Waals surface area contributed by atoms with Gasteiger partial charge >= 0.3 is 0 Å². The summed E-state index contributed by atoms with van der Waals surface area (Å²) in [5, 5.41) is 18.1. The zero-order valence-electron chi connectivity index (χ0n) is 18.5. The summed E-state index contributed by atoms with van der Waals surface area (Å²) in [4.78, 5) is 28.1. The average molecular weight is 569 g/mol. The molecule has 0 radical (unpaired) electrons. The molecule has 2 heterocycles. The first-order valence-corrected chi connectivity index (χ1v) is 12.6. The lowest BCUT2D eigenvalue weighted by Gasteiger charge is -2.12. The number of nitrogens with one attached hydrogen (secondary N) is 2. The lowest BCUT2D eigenvalue weighted by molar-refractivity contribution is -0.384. The van der Waals surface area contributed by atoms with Gasteiger partial charge in [0.1, 0.15) is 10.8 Å². The van der Waals surface area contributed by atoms with Crippen molar-refractivity contribution in [3.63, 3.8) is 0 Å². The number of hydrogen-bond acceptors (Lipinski definition) is 7. The molecule has 0 aliphatic carbocycles. The van der Waals surface area contributed by atoms with Crippen molar-refractivity contribution in [1.29, 1.82) is 0 Å². The van der Waals surface area contributed by atoms with Gasteiger partial charge < -0.3 is 9.73 Å². The molecule has 37 heavy (non-hydrogen) atoms. The topological polar surface area (TPSA) is 110 Å². The van der Waals surface area contributed by atoms with Gasteiger partial charge in [0.15, 0.2) is 10.9 Å². The quantitative estimate of drug-likeness (QED) is 0.128. The molecular weight excluding hydrogens is 555 g/mol. The van der Waals surface area contributed by atoms with Crippen molar-refractivity contribution in [2.75, 3.05) is 5.32 Å². The van der Waals surface area contributed by atoms with Gasteiger partial charge in [-0.1, -0.05) is 47.5 Å². The van der Waals surface area contributed by atoms with Crippen LogP contribution in [-0.2, 0) is 0 Å². The Hall–Kier alpha value is -3.83. The SMILES string of the molecule is O=C(NC(=S)Nc1cc(-c2nc3ccccc3s2)c(Cl)cc1Cl)c1ccc(-c2ccccc2[N+](=O)[O-])o1. The molecule has 0 unspecified atom stereocenters. The van der Waals surface area contributed by atoms with Gasteiger partial charge in [-0.2, -0.15) is 0 Å². The normalized spacial score (nSPS) is 10.9. The number of amides is 1. The Balaban J connectivity index is 1.33. The van der Waals surface area contributed by atoms with Gasteiger partial charge in [-0.15, -0.1) is 11.3 Å². The van der Waals surface area contributed by atoms with Crippen LogP contribution in [0.15, 0.2) is 77.2 Å². The van der Waals surface area contributed by atoms with Crippen LogP contribution in [0, 0.1) is 10.1 Å². The third kappa shape index (κ3) is 5.18. The maximum Gasteiger partial charge on any atom is 0.293 e. The Morgan fingerprint density at radius 2 is 1.76 bits per heavy atom. The zero-order chi connectivity index (χ0) is 26.1. The number of hydrogen-bond donors (Lipinski definition) is 2. The number of fused-ring (bicyclic) bond motifs is 1. The number of thiazole rings is 1. The number of nitrogens with zero attached hydrogens (tertiary/aromatic N) is 2. The van der Waals surface area contributed by atoms with Crippen molar-refractivity contribution in [1.82, 2.24) is 10.3 Å². The third-order valence-electron chi connectivity index (χ3n) is 5.25. The molecule has 2 aromatic heterocycles. The number of anilines is 1. The average Bonchev–Trinajstić information content (AvgIpc) is 3.53. The number of furan rings is 1. The van der Waals surface area contributed by atoms with Crippen molar-refractivity contribution in [2.45, 2.75) is 0 Å². The van der Waals surface area contributed by atoms with Crippen molar-refractivity contribution in [2.24, 2.45) is 0 Å². The van der Waals surface area contributed by atoms with Crippen molar-refractivity contribution in [3.8, 4) is 21.9 Å². The van der Waals surface area contributed by atoms with Crippen molar-refractivity contribution >= 4 is 79.4 Å². The standard InChI is InChI=1S/C25H14Cl2N4O4S2/c26-15-12-16(27)18(11-14(15)24-28-17-6-2-4-8-22(17)37-24)29-25(36)30-23(32)21-10-9-20(35-21)13-5-1-3-7-19(13)31(33)34/h1-12H,(H2,29,30,32,36). The van der Waals surface area contributed by atoms with Gasteiger partial charge in [-0.25, -0.2) is 4.98 Å². The van der Waals surface area contributed by atoms with Crippen LogP contribution in [0.3, 0.4) is 0 Å². The Kier molecular flexibility index (Phi) is 6.90. The summed E-state index contributed by atoms with van der Waals surface area (Å²) in [6.45, 7) is 0. The molecule has 0 spiro atoms. The third-order valence-corrected chi connectivity index (χ3v) is 7.15. The number of carbonyl (C=O) groups is 1. The molecule has 12 heteroatoms. The van der Waals surface area contributed by atoms with Crippen LogP contribution in [0.5, 0.6) is 0 Å². The van der Waals surface area contributed by atoms with Crippen LogP contribution in [-0.4, -0.2) is 20.9 Å². The summed E-state index contributed by atoms with van der Waals surface area (Å²) < 4.78 is 6.58. The first-order chi connectivity index (χ1) is 17.8. The van der Waals surface area contributed by atoms with E-state index in [1.807, 2.05) is 24.3 Å². The molecule has 0 aliphatic heterocycles. The Morgan fingerprint density at radius 1 is 1.00 bits per heavy atom. The number of aromatic nitrogens is 1. The molecule has 1 amide bonds. The Morgan fingerprint density at radius 3 is 2.54 bits per heavy atom.